The number of nitrogens with zero attached hydrogens (tertiary/aromatic N) is 1. The van der Waals surface area contributed by atoms with E-state index in [0.29, 0.717) is 26.1 Å². The van der Waals surface area contributed by atoms with E-state index in [0.717, 1.165) is 6.42 Å². The molecular formula is C9H20N4O2. The van der Waals surface area contributed by atoms with Crippen molar-refractivity contribution in [1.29, 1.82) is 0 Å². The summed E-state index contributed by atoms with van der Waals surface area (Å²) in [6.45, 7) is 3.51. The molecule has 4 N–H and O–H groups in total. The molecule has 0 saturated heterocycles. The summed E-state index contributed by atoms with van der Waals surface area (Å²) >= 11 is 0. The van der Waals surface area contributed by atoms with Gasteiger partial charge in [0.2, 0.25) is 11.8 Å². The Balaban J connectivity index is 3.59. The van der Waals surface area contributed by atoms with Crippen LogP contribution in [-0.2, 0) is 9.59 Å². The van der Waals surface area contributed by atoms with Gasteiger partial charge in [0.15, 0.2) is 0 Å². The number of hydrogen-bond acceptors (Lipinski definition) is 4. The number of hydrazine groups is 1. The van der Waals surface area contributed by atoms with Crippen LogP contribution in [0, 0.1) is 0 Å². The van der Waals surface area contributed by atoms with Gasteiger partial charge in [-0.25, -0.2) is 5.84 Å². The molecule has 0 heterocycles. The second-order valence-electron chi connectivity index (χ2n) is 3.41. The number of carbonyl (C=O) groups excluding carboxylic acids is 2. The molecule has 0 unspecified atom stereocenters. The Morgan fingerprint density at radius 3 is 2.53 bits per heavy atom. The van der Waals surface area contributed by atoms with Crippen molar-refractivity contribution in [2.45, 2.75) is 19.8 Å². The van der Waals surface area contributed by atoms with E-state index >= 15 is 0 Å². The molecule has 15 heavy (non-hydrogen) atoms. The van der Waals surface area contributed by atoms with E-state index in [2.05, 4.69) is 5.32 Å². The fraction of sp³-hybridized carbons (Fsp3) is 0.778. The van der Waals surface area contributed by atoms with Gasteiger partial charge in [0, 0.05) is 19.5 Å². The fourth-order valence-electron chi connectivity index (χ4n) is 1.01. The summed E-state index contributed by atoms with van der Waals surface area (Å²) in [7, 11) is 1.79. The van der Waals surface area contributed by atoms with Crippen molar-refractivity contribution in [3.05, 3.63) is 0 Å². The van der Waals surface area contributed by atoms with E-state index in [9.17, 15) is 9.59 Å². The standard InChI is InChI=1S/C9H20N4O2/c1-3-5-11-9(15)7-13(2)6-4-8(14)12-10/h3-7,10H2,1-2H3,(H,11,15)(H,12,14). The average Bonchev–Trinajstić information content (AvgIpc) is 2.22. The highest BCUT2D eigenvalue weighted by atomic mass is 16.2. The van der Waals surface area contributed by atoms with Crippen molar-refractivity contribution in [2.75, 3.05) is 26.7 Å². The van der Waals surface area contributed by atoms with Crippen molar-refractivity contribution in [3.63, 3.8) is 0 Å². The Labute approximate surface area is 90.2 Å². The van der Waals surface area contributed by atoms with Crippen LogP contribution in [0.5, 0.6) is 0 Å². The summed E-state index contributed by atoms with van der Waals surface area (Å²) in [6, 6.07) is 0. The molecule has 0 spiro atoms. The van der Waals surface area contributed by atoms with Crippen LogP contribution in [0.25, 0.3) is 0 Å². The molecule has 6 heteroatoms. The summed E-state index contributed by atoms with van der Waals surface area (Å²) < 4.78 is 0. The van der Waals surface area contributed by atoms with Crippen molar-refractivity contribution in [2.24, 2.45) is 5.84 Å². The van der Waals surface area contributed by atoms with Gasteiger partial charge in [-0.15, -0.1) is 0 Å². The van der Waals surface area contributed by atoms with Gasteiger partial charge >= 0.3 is 0 Å². The molecule has 0 aliphatic heterocycles. The maximum absolute atomic E-state index is 11.2. The largest absolute Gasteiger partial charge is 0.355 e. The zero-order valence-electron chi connectivity index (χ0n) is 9.38. The summed E-state index contributed by atoms with van der Waals surface area (Å²) in [6.07, 6.45) is 1.22. The summed E-state index contributed by atoms with van der Waals surface area (Å²) in [5.41, 5.74) is 2.04. The molecule has 0 aromatic rings. The first-order valence-electron chi connectivity index (χ1n) is 5.04. The van der Waals surface area contributed by atoms with Crippen LogP contribution in [0.15, 0.2) is 0 Å². The van der Waals surface area contributed by atoms with E-state index in [1.54, 1.807) is 11.9 Å². The van der Waals surface area contributed by atoms with Gasteiger partial charge < -0.3 is 5.32 Å². The molecule has 6 nitrogen and oxygen atoms in total. The Bertz CT molecular complexity index is 208. The van der Waals surface area contributed by atoms with Gasteiger partial charge in [0.25, 0.3) is 0 Å². The molecule has 0 radical (unpaired) electrons. The molecule has 0 saturated carbocycles. The first kappa shape index (κ1) is 13.9. The Morgan fingerprint density at radius 2 is 2.00 bits per heavy atom. The second kappa shape index (κ2) is 8.19. The lowest BCUT2D eigenvalue weighted by Crippen LogP contribution is -2.38. The van der Waals surface area contributed by atoms with Gasteiger partial charge in [-0.05, 0) is 13.5 Å². The molecule has 0 rings (SSSR count). The van der Waals surface area contributed by atoms with Gasteiger partial charge in [-0.2, -0.15) is 0 Å². The predicted octanol–water partition coefficient (Wildman–Crippen LogP) is -1.18. The van der Waals surface area contributed by atoms with Crippen LogP contribution in [0.2, 0.25) is 0 Å². The molecule has 0 aromatic carbocycles. The minimum Gasteiger partial charge on any atom is -0.355 e. The van der Waals surface area contributed by atoms with Gasteiger partial charge in [0.05, 0.1) is 6.54 Å². The monoisotopic (exact) mass is 216 g/mol. The number of rotatable bonds is 7. The van der Waals surface area contributed by atoms with Gasteiger partial charge in [0.1, 0.15) is 0 Å². The molecule has 0 aliphatic rings. The third-order valence-electron chi connectivity index (χ3n) is 1.87. The van der Waals surface area contributed by atoms with Crippen molar-refractivity contribution >= 4 is 11.8 Å². The number of likely N-dealkylation sites (N-methyl/N-ethyl adjacent to an activating group) is 1. The normalized spacial score (nSPS) is 10.1. The highest BCUT2D eigenvalue weighted by Crippen LogP contribution is 1.87. The number of nitrogens with one attached hydrogen (secondary N) is 2. The van der Waals surface area contributed by atoms with Crippen LogP contribution in [0.1, 0.15) is 19.8 Å². The molecule has 0 fully saturated rings. The molecule has 0 aromatic heterocycles. The summed E-state index contributed by atoms with van der Waals surface area (Å²) in [5.74, 6) is 4.68. The fourth-order valence-corrected chi connectivity index (χ4v) is 1.01. The highest BCUT2D eigenvalue weighted by Gasteiger charge is 2.07. The van der Waals surface area contributed by atoms with E-state index in [1.165, 1.54) is 0 Å². The summed E-state index contributed by atoms with van der Waals surface area (Å²) in [4.78, 5) is 23.8. The molecule has 0 aliphatic carbocycles. The Kier molecular flexibility index (Phi) is 7.57. The highest BCUT2D eigenvalue weighted by molar-refractivity contribution is 5.78. The molecular weight excluding hydrogens is 196 g/mol. The third kappa shape index (κ3) is 7.90. The molecule has 2 amide bonds. The Hall–Kier alpha value is -1.14. The third-order valence-corrected chi connectivity index (χ3v) is 1.87. The van der Waals surface area contributed by atoms with Crippen molar-refractivity contribution in [3.8, 4) is 0 Å². The lowest BCUT2D eigenvalue weighted by molar-refractivity contribution is -0.124. The first-order chi connectivity index (χ1) is 7.10. The van der Waals surface area contributed by atoms with Crippen LogP contribution in [0.3, 0.4) is 0 Å². The van der Waals surface area contributed by atoms with Crippen LogP contribution >= 0.6 is 0 Å². The lowest BCUT2D eigenvalue weighted by atomic mass is 10.3. The van der Waals surface area contributed by atoms with Crippen LogP contribution in [0.4, 0.5) is 0 Å². The van der Waals surface area contributed by atoms with Crippen LogP contribution in [-0.4, -0.2) is 43.4 Å². The topological polar surface area (TPSA) is 87.5 Å². The van der Waals surface area contributed by atoms with Gasteiger partial charge in [-0.1, -0.05) is 6.92 Å². The number of hydrogen-bond donors (Lipinski definition) is 3. The van der Waals surface area contributed by atoms with E-state index in [4.69, 9.17) is 5.84 Å². The van der Waals surface area contributed by atoms with E-state index < -0.39 is 0 Å². The number of carbonyl (C=O) groups is 2. The lowest BCUT2D eigenvalue weighted by Gasteiger charge is -2.15. The maximum Gasteiger partial charge on any atom is 0.235 e. The maximum atomic E-state index is 11.2. The number of nitrogens with two attached hydrogens (primary N) is 1. The quantitative estimate of drug-likeness (QED) is 0.284. The second-order valence-corrected chi connectivity index (χ2v) is 3.41. The van der Waals surface area contributed by atoms with Crippen LogP contribution < -0.4 is 16.6 Å². The molecule has 0 atom stereocenters. The average molecular weight is 216 g/mol. The van der Waals surface area contributed by atoms with E-state index in [1.807, 2.05) is 12.3 Å². The van der Waals surface area contributed by atoms with E-state index in [-0.39, 0.29) is 11.8 Å². The van der Waals surface area contributed by atoms with Crippen molar-refractivity contribution in [1.82, 2.24) is 15.6 Å². The zero-order chi connectivity index (χ0) is 11.7. The van der Waals surface area contributed by atoms with Crippen molar-refractivity contribution < 1.29 is 9.59 Å². The first-order valence-corrected chi connectivity index (χ1v) is 5.04. The zero-order valence-corrected chi connectivity index (χ0v) is 9.38. The number of amides is 2. The summed E-state index contributed by atoms with van der Waals surface area (Å²) in [5, 5.41) is 2.76. The minimum atomic E-state index is -0.226. The predicted molar refractivity (Wildman–Crippen MR) is 57.7 cm³/mol. The smallest absolute Gasteiger partial charge is 0.235 e. The van der Waals surface area contributed by atoms with Gasteiger partial charge in [-0.3, -0.25) is 19.9 Å². The molecule has 0 bridgehead atoms. The SMILES string of the molecule is CCCNC(=O)CN(C)CCC(=O)NN. The molecule has 88 valence electrons. The Morgan fingerprint density at radius 1 is 1.33 bits per heavy atom. The minimum absolute atomic E-state index is 0.0208.